The van der Waals surface area contributed by atoms with Crippen molar-refractivity contribution in [3.63, 3.8) is 0 Å². The Morgan fingerprint density at radius 1 is 1.09 bits per heavy atom. The average Bonchev–Trinajstić information content (AvgIpc) is 3.40. The predicted molar refractivity (Wildman–Crippen MR) is 101 cm³/mol. The number of halogens is 4. The highest BCUT2D eigenvalue weighted by Crippen LogP contribution is 2.40. The van der Waals surface area contributed by atoms with Crippen LogP contribution in [0.4, 0.5) is 22.4 Å². The molecule has 2 N–H and O–H groups in total. The molecule has 3 saturated heterocycles. The van der Waals surface area contributed by atoms with Crippen molar-refractivity contribution in [3.05, 3.63) is 35.1 Å². The number of nitrogens with zero attached hydrogens (tertiary/aromatic N) is 2. The molecule has 3 aliphatic rings. The number of hydrogen-bond acceptors (Lipinski definition) is 4. The Labute approximate surface area is 179 Å². The summed E-state index contributed by atoms with van der Waals surface area (Å²) >= 11 is 0. The van der Waals surface area contributed by atoms with Gasteiger partial charge in [-0.25, -0.2) is 9.18 Å². The molecule has 172 valence electrons. The zero-order valence-electron chi connectivity index (χ0n) is 16.8. The summed E-state index contributed by atoms with van der Waals surface area (Å²) in [6.07, 6.45) is -3.80. The molecule has 2 atom stereocenters. The average molecular weight is 456 g/mol. The zero-order valence-corrected chi connectivity index (χ0v) is 16.8. The molecule has 3 aliphatic heterocycles. The predicted octanol–water partition coefficient (Wildman–Crippen LogP) is 1.51. The second-order valence-electron chi connectivity index (χ2n) is 8.45. The minimum Gasteiger partial charge on any atom is -0.342 e. The molecule has 0 aliphatic carbocycles. The van der Waals surface area contributed by atoms with Crippen LogP contribution in [0.25, 0.3) is 0 Å². The molecule has 1 spiro atoms. The minimum atomic E-state index is -4.84. The van der Waals surface area contributed by atoms with Crippen molar-refractivity contribution in [2.45, 2.75) is 31.5 Å². The number of alkyl halides is 3. The molecular weight excluding hydrogens is 436 g/mol. The van der Waals surface area contributed by atoms with Gasteiger partial charge < -0.3 is 15.1 Å². The lowest BCUT2D eigenvalue weighted by Gasteiger charge is -2.25. The molecule has 32 heavy (non-hydrogen) atoms. The van der Waals surface area contributed by atoms with E-state index in [1.165, 1.54) is 4.90 Å². The highest BCUT2D eigenvalue weighted by atomic mass is 19.4. The molecule has 1 aromatic rings. The summed E-state index contributed by atoms with van der Waals surface area (Å²) in [5.74, 6) is -2.92. The fraction of sp³-hybridized carbons (Fsp3) is 0.500. The van der Waals surface area contributed by atoms with E-state index in [4.69, 9.17) is 0 Å². The second-order valence-corrected chi connectivity index (χ2v) is 8.45. The van der Waals surface area contributed by atoms with E-state index in [-0.39, 0.29) is 23.3 Å². The Bertz CT molecular complexity index is 998. The van der Waals surface area contributed by atoms with E-state index in [1.807, 2.05) is 0 Å². The number of benzene rings is 1. The molecule has 0 bridgehead atoms. The van der Waals surface area contributed by atoms with E-state index >= 15 is 0 Å². The van der Waals surface area contributed by atoms with Crippen molar-refractivity contribution in [3.8, 4) is 0 Å². The Hall–Kier alpha value is -3.18. The molecule has 0 aromatic heterocycles. The van der Waals surface area contributed by atoms with Gasteiger partial charge in [-0.05, 0) is 31.0 Å². The maximum Gasteiger partial charge on any atom is 0.419 e. The highest BCUT2D eigenvalue weighted by molar-refractivity contribution is 6.05. The molecule has 5 amide bonds. The number of carbonyl (C=O) groups is 4. The summed E-state index contributed by atoms with van der Waals surface area (Å²) in [6.45, 7) is 1.42. The SMILES string of the molecule is O=C1NC(=O)C(CC(=O)N2CCC3(CCN(C(=O)c4ccc(C(F)(F)F)c(F)c4)C3)C2)N1. The highest BCUT2D eigenvalue weighted by Gasteiger charge is 2.46. The fourth-order valence-electron chi connectivity index (χ4n) is 4.56. The van der Waals surface area contributed by atoms with E-state index < -0.39 is 41.4 Å². The molecule has 1 aromatic carbocycles. The monoisotopic (exact) mass is 456 g/mol. The van der Waals surface area contributed by atoms with Gasteiger partial charge in [0, 0.05) is 37.2 Å². The summed E-state index contributed by atoms with van der Waals surface area (Å²) in [4.78, 5) is 51.2. The molecule has 4 rings (SSSR count). The van der Waals surface area contributed by atoms with Crippen LogP contribution in [0.3, 0.4) is 0 Å². The second kappa shape index (κ2) is 7.75. The van der Waals surface area contributed by atoms with E-state index in [0.717, 1.165) is 6.07 Å². The molecule has 0 saturated carbocycles. The standard InChI is InChI=1S/C20H20F4N4O4/c21-13-7-11(1-2-12(13)20(22,23)24)17(31)28-6-4-19(10-28)3-5-27(9-19)15(29)8-14-16(30)26-18(32)25-14/h1-2,7,14H,3-6,8-10H2,(H2,25,26,30,32). The van der Waals surface area contributed by atoms with E-state index in [1.54, 1.807) is 4.90 Å². The molecular formula is C20H20F4N4O4. The van der Waals surface area contributed by atoms with Gasteiger partial charge in [-0.15, -0.1) is 0 Å². The minimum absolute atomic E-state index is 0.165. The Balaban J connectivity index is 1.37. The third-order valence-electron chi connectivity index (χ3n) is 6.28. The van der Waals surface area contributed by atoms with Gasteiger partial charge >= 0.3 is 12.2 Å². The van der Waals surface area contributed by atoms with Crippen molar-refractivity contribution >= 4 is 23.8 Å². The van der Waals surface area contributed by atoms with Crippen LogP contribution in [0.1, 0.15) is 35.2 Å². The van der Waals surface area contributed by atoms with E-state index in [2.05, 4.69) is 10.6 Å². The van der Waals surface area contributed by atoms with E-state index in [9.17, 15) is 36.7 Å². The molecule has 3 heterocycles. The van der Waals surface area contributed by atoms with Crippen molar-refractivity contribution in [1.82, 2.24) is 20.4 Å². The number of imide groups is 1. The van der Waals surface area contributed by atoms with Gasteiger partial charge in [-0.1, -0.05) is 0 Å². The number of hydrogen-bond donors (Lipinski definition) is 2. The van der Waals surface area contributed by atoms with Crippen LogP contribution in [0.15, 0.2) is 18.2 Å². The van der Waals surface area contributed by atoms with Crippen LogP contribution < -0.4 is 10.6 Å². The van der Waals surface area contributed by atoms with Crippen LogP contribution >= 0.6 is 0 Å². The van der Waals surface area contributed by atoms with Crippen molar-refractivity contribution < 1.29 is 36.7 Å². The molecule has 8 nitrogen and oxygen atoms in total. The summed E-state index contributed by atoms with van der Waals surface area (Å²) in [5, 5.41) is 4.44. The van der Waals surface area contributed by atoms with Crippen LogP contribution in [-0.2, 0) is 15.8 Å². The summed E-state index contributed by atoms with van der Waals surface area (Å²) in [6, 6.07) is 0.562. The largest absolute Gasteiger partial charge is 0.419 e. The Morgan fingerprint density at radius 3 is 2.34 bits per heavy atom. The van der Waals surface area contributed by atoms with Crippen LogP contribution in [-0.4, -0.2) is 65.8 Å². The van der Waals surface area contributed by atoms with Gasteiger partial charge in [0.15, 0.2) is 0 Å². The van der Waals surface area contributed by atoms with Crippen molar-refractivity contribution in [1.29, 1.82) is 0 Å². The third kappa shape index (κ3) is 4.13. The lowest BCUT2D eigenvalue weighted by atomic mass is 9.86. The summed E-state index contributed by atoms with van der Waals surface area (Å²) in [7, 11) is 0. The van der Waals surface area contributed by atoms with Gasteiger partial charge in [-0.3, -0.25) is 19.7 Å². The maximum atomic E-state index is 13.9. The van der Waals surface area contributed by atoms with Gasteiger partial charge in [-0.2, -0.15) is 13.2 Å². The number of likely N-dealkylation sites (tertiary alicyclic amines) is 2. The normalized spacial score (nSPS) is 25.4. The lowest BCUT2D eigenvalue weighted by Crippen LogP contribution is -2.39. The first kappa shape index (κ1) is 22.0. The Kier molecular flexibility index (Phi) is 5.33. The van der Waals surface area contributed by atoms with Gasteiger partial charge in [0.1, 0.15) is 11.9 Å². The first-order valence-electron chi connectivity index (χ1n) is 10.0. The third-order valence-corrected chi connectivity index (χ3v) is 6.28. The zero-order chi connectivity index (χ0) is 23.3. The van der Waals surface area contributed by atoms with Gasteiger partial charge in [0.2, 0.25) is 5.91 Å². The number of rotatable bonds is 3. The number of urea groups is 1. The quantitative estimate of drug-likeness (QED) is 0.532. The number of amides is 5. The van der Waals surface area contributed by atoms with E-state index in [0.29, 0.717) is 51.2 Å². The maximum absolute atomic E-state index is 13.9. The topological polar surface area (TPSA) is 98.8 Å². The summed E-state index contributed by atoms with van der Waals surface area (Å²) in [5.41, 5.74) is -1.96. The molecule has 12 heteroatoms. The lowest BCUT2D eigenvalue weighted by molar-refractivity contribution is -0.140. The molecule has 3 fully saturated rings. The number of nitrogens with one attached hydrogen (secondary N) is 2. The van der Waals surface area contributed by atoms with Crippen LogP contribution in [0, 0.1) is 11.2 Å². The van der Waals surface area contributed by atoms with Crippen LogP contribution in [0.5, 0.6) is 0 Å². The Morgan fingerprint density at radius 2 is 1.75 bits per heavy atom. The molecule has 0 radical (unpaired) electrons. The smallest absolute Gasteiger partial charge is 0.342 e. The van der Waals surface area contributed by atoms with Crippen molar-refractivity contribution in [2.24, 2.45) is 5.41 Å². The summed E-state index contributed by atoms with van der Waals surface area (Å²) < 4.78 is 52.1. The first-order chi connectivity index (χ1) is 15.0. The van der Waals surface area contributed by atoms with Crippen LogP contribution in [0.2, 0.25) is 0 Å². The van der Waals surface area contributed by atoms with Gasteiger partial charge in [0.25, 0.3) is 11.8 Å². The first-order valence-corrected chi connectivity index (χ1v) is 10.0. The fourth-order valence-corrected chi connectivity index (χ4v) is 4.56. The molecule has 2 unspecified atom stereocenters. The van der Waals surface area contributed by atoms with Crippen molar-refractivity contribution in [2.75, 3.05) is 26.2 Å². The number of carbonyl (C=O) groups excluding carboxylic acids is 4. The van der Waals surface area contributed by atoms with Gasteiger partial charge in [0.05, 0.1) is 12.0 Å².